The van der Waals surface area contributed by atoms with Crippen LogP contribution in [0.1, 0.15) is 11.1 Å². The van der Waals surface area contributed by atoms with Crippen molar-refractivity contribution in [3.63, 3.8) is 0 Å². The SMILES string of the molecule is Cc1ccc(N(c2ccccc2)c2ccc3cc4c(cc3c2)oc2c4ccc3c4cc5ccc(N(c6ccccc6)c6ccc(C)cc6)cc5cc4oc32)cc1. The summed E-state index contributed by atoms with van der Waals surface area (Å²) in [5.74, 6) is 0. The third kappa shape index (κ3) is 5.30. The van der Waals surface area contributed by atoms with Crippen LogP contribution < -0.4 is 9.80 Å². The lowest BCUT2D eigenvalue weighted by atomic mass is 10.0. The molecule has 0 aliphatic heterocycles. The van der Waals surface area contributed by atoms with E-state index < -0.39 is 0 Å². The van der Waals surface area contributed by atoms with E-state index in [9.17, 15) is 0 Å². The van der Waals surface area contributed by atoms with Gasteiger partial charge in [0.15, 0.2) is 11.2 Å². The number of fused-ring (bicyclic) bond motifs is 9. The summed E-state index contributed by atoms with van der Waals surface area (Å²) in [5, 5.41) is 8.78. The van der Waals surface area contributed by atoms with Gasteiger partial charge >= 0.3 is 0 Å². The van der Waals surface area contributed by atoms with E-state index in [1.54, 1.807) is 0 Å². The van der Waals surface area contributed by atoms with Crippen LogP contribution in [0.25, 0.3) is 65.4 Å². The van der Waals surface area contributed by atoms with Gasteiger partial charge in [-0.15, -0.1) is 0 Å². The van der Waals surface area contributed by atoms with Crippen LogP contribution in [-0.2, 0) is 0 Å². The van der Waals surface area contributed by atoms with Gasteiger partial charge in [0.25, 0.3) is 0 Å². The summed E-state index contributed by atoms with van der Waals surface area (Å²) >= 11 is 0. The Bertz CT molecular complexity index is 3030. The Labute approximate surface area is 324 Å². The molecule has 0 saturated heterocycles. The molecule has 0 amide bonds. The van der Waals surface area contributed by atoms with Gasteiger partial charge in [-0.25, -0.2) is 0 Å². The molecule has 11 rings (SSSR count). The van der Waals surface area contributed by atoms with Crippen LogP contribution in [0.4, 0.5) is 34.1 Å². The Morgan fingerprint density at radius 3 is 1.09 bits per heavy atom. The summed E-state index contributed by atoms with van der Waals surface area (Å²) in [6, 6.07) is 65.0. The standard InChI is InChI=1S/C52H36N2O2/c1-33-13-19-41(20-14-33)53(39-9-5-3-6-10-39)43-23-17-35-29-47-45-25-26-46-48-30-36-18-24-44(54(40-11-7-4-8-12-40)42-21-15-34(2)16-22-42)28-38(36)32-50(48)56-52(46)51(45)55-49(47)31-37(35)27-43/h3-32H,1-2H3. The molecule has 9 aromatic carbocycles. The van der Waals surface area contributed by atoms with Gasteiger partial charge in [-0.05, 0) is 145 Å². The molecule has 2 heterocycles. The topological polar surface area (TPSA) is 32.8 Å². The molecule has 0 N–H and O–H groups in total. The highest BCUT2D eigenvalue weighted by atomic mass is 16.4. The van der Waals surface area contributed by atoms with Gasteiger partial charge in [-0.1, -0.05) is 83.9 Å². The Hall–Kier alpha value is -7.30. The highest BCUT2D eigenvalue weighted by Gasteiger charge is 2.19. The molecule has 4 nitrogen and oxygen atoms in total. The van der Waals surface area contributed by atoms with E-state index in [1.807, 2.05) is 0 Å². The molecule has 0 atom stereocenters. The maximum Gasteiger partial charge on any atom is 0.178 e. The Balaban J connectivity index is 1.03. The zero-order valence-electron chi connectivity index (χ0n) is 31.0. The molecule has 0 fully saturated rings. The lowest BCUT2D eigenvalue weighted by Crippen LogP contribution is -2.09. The summed E-state index contributed by atoms with van der Waals surface area (Å²) in [4.78, 5) is 4.60. The average molecular weight is 721 g/mol. The number of aryl methyl sites for hydroxylation is 2. The lowest BCUT2D eigenvalue weighted by molar-refractivity contribution is 0.634. The molecule has 0 aliphatic rings. The third-order valence-electron chi connectivity index (χ3n) is 11.1. The molecule has 266 valence electrons. The summed E-state index contributed by atoms with van der Waals surface area (Å²) < 4.78 is 13.5. The van der Waals surface area contributed by atoms with Crippen molar-refractivity contribution in [2.24, 2.45) is 0 Å². The van der Waals surface area contributed by atoms with Crippen molar-refractivity contribution in [2.45, 2.75) is 13.8 Å². The molecule has 11 aromatic rings. The molecular weight excluding hydrogens is 685 g/mol. The van der Waals surface area contributed by atoms with E-state index in [-0.39, 0.29) is 0 Å². The predicted molar refractivity (Wildman–Crippen MR) is 235 cm³/mol. The largest absolute Gasteiger partial charge is 0.452 e. The number of benzene rings is 9. The lowest BCUT2D eigenvalue weighted by Gasteiger charge is -2.26. The number of hydrogen-bond donors (Lipinski definition) is 0. The average Bonchev–Trinajstić information content (AvgIpc) is 3.79. The molecule has 56 heavy (non-hydrogen) atoms. The first-order chi connectivity index (χ1) is 27.5. The predicted octanol–water partition coefficient (Wildman–Crippen LogP) is 15.3. The summed E-state index contributed by atoms with van der Waals surface area (Å²) in [5.41, 5.74) is 12.3. The van der Waals surface area contributed by atoms with Gasteiger partial charge in [0.2, 0.25) is 0 Å². The summed E-state index contributed by atoms with van der Waals surface area (Å²) in [6.45, 7) is 4.24. The normalized spacial score (nSPS) is 11.8. The Kier molecular flexibility index (Phi) is 7.26. The van der Waals surface area contributed by atoms with Crippen molar-refractivity contribution in [1.82, 2.24) is 0 Å². The number of rotatable bonds is 6. The van der Waals surface area contributed by atoms with Crippen LogP contribution in [0.5, 0.6) is 0 Å². The van der Waals surface area contributed by atoms with Crippen molar-refractivity contribution < 1.29 is 8.83 Å². The molecule has 0 unspecified atom stereocenters. The van der Waals surface area contributed by atoms with Crippen LogP contribution in [0, 0.1) is 13.8 Å². The molecular formula is C52H36N2O2. The van der Waals surface area contributed by atoms with Gasteiger partial charge in [0.05, 0.1) is 0 Å². The van der Waals surface area contributed by atoms with Crippen LogP contribution in [-0.4, -0.2) is 0 Å². The first-order valence-corrected chi connectivity index (χ1v) is 19.1. The zero-order valence-corrected chi connectivity index (χ0v) is 31.0. The van der Waals surface area contributed by atoms with Crippen molar-refractivity contribution >= 4 is 99.5 Å². The second-order valence-electron chi connectivity index (χ2n) is 14.8. The highest BCUT2D eigenvalue weighted by Crippen LogP contribution is 2.43. The second-order valence-corrected chi connectivity index (χ2v) is 14.8. The fraction of sp³-hybridized carbons (Fsp3) is 0.0385. The van der Waals surface area contributed by atoms with E-state index in [1.165, 1.54) is 11.1 Å². The smallest absolute Gasteiger partial charge is 0.178 e. The van der Waals surface area contributed by atoms with Crippen LogP contribution in [0.2, 0.25) is 0 Å². The number of para-hydroxylation sites is 2. The van der Waals surface area contributed by atoms with E-state index in [0.717, 1.165) is 99.5 Å². The molecule has 0 spiro atoms. The first-order valence-electron chi connectivity index (χ1n) is 19.1. The van der Waals surface area contributed by atoms with Crippen molar-refractivity contribution in [2.75, 3.05) is 9.80 Å². The molecule has 0 aliphatic carbocycles. The van der Waals surface area contributed by atoms with Gasteiger partial charge in [0, 0.05) is 55.7 Å². The van der Waals surface area contributed by atoms with Crippen molar-refractivity contribution in [1.29, 1.82) is 0 Å². The minimum absolute atomic E-state index is 0.772. The third-order valence-corrected chi connectivity index (χ3v) is 11.1. The monoisotopic (exact) mass is 720 g/mol. The fourth-order valence-corrected chi connectivity index (χ4v) is 8.24. The molecule has 0 radical (unpaired) electrons. The first kappa shape index (κ1) is 32.2. The van der Waals surface area contributed by atoms with Crippen LogP contribution >= 0.6 is 0 Å². The highest BCUT2D eigenvalue weighted by molar-refractivity contribution is 6.21. The van der Waals surface area contributed by atoms with E-state index >= 15 is 0 Å². The van der Waals surface area contributed by atoms with Gasteiger partial charge in [-0.2, -0.15) is 0 Å². The van der Waals surface area contributed by atoms with Crippen LogP contribution in [0.3, 0.4) is 0 Å². The van der Waals surface area contributed by atoms with Crippen molar-refractivity contribution in [3.8, 4) is 0 Å². The zero-order chi connectivity index (χ0) is 37.3. The number of furan rings is 2. The molecule has 4 heteroatoms. The maximum absolute atomic E-state index is 6.73. The number of anilines is 6. The second kappa shape index (κ2) is 12.6. The maximum atomic E-state index is 6.73. The summed E-state index contributed by atoms with van der Waals surface area (Å²) in [6.07, 6.45) is 0. The molecule has 0 bridgehead atoms. The number of hydrogen-bond acceptors (Lipinski definition) is 4. The summed E-state index contributed by atoms with van der Waals surface area (Å²) in [7, 11) is 0. The Morgan fingerprint density at radius 2 is 0.679 bits per heavy atom. The van der Waals surface area contributed by atoms with Crippen molar-refractivity contribution in [3.05, 3.63) is 193 Å². The van der Waals surface area contributed by atoms with E-state index in [4.69, 9.17) is 8.83 Å². The molecule has 2 aromatic heterocycles. The van der Waals surface area contributed by atoms with Gasteiger partial charge < -0.3 is 18.6 Å². The van der Waals surface area contributed by atoms with Crippen LogP contribution in [0.15, 0.2) is 191 Å². The number of nitrogens with zero attached hydrogens (tertiary/aromatic N) is 2. The quantitative estimate of drug-likeness (QED) is 0.171. The Morgan fingerprint density at radius 1 is 0.304 bits per heavy atom. The molecule has 0 saturated carbocycles. The van der Waals surface area contributed by atoms with E-state index in [0.29, 0.717) is 0 Å². The van der Waals surface area contributed by atoms with E-state index in [2.05, 4.69) is 206 Å². The fourth-order valence-electron chi connectivity index (χ4n) is 8.24. The minimum atomic E-state index is 0.772. The minimum Gasteiger partial charge on any atom is -0.452 e. The van der Waals surface area contributed by atoms with Gasteiger partial charge in [0.1, 0.15) is 11.2 Å². The van der Waals surface area contributed by atoms with Gasteiger partial charge in [-0.3, -0.25) is 0 Å².